The first-order valence-corrected chi connectivity index (χ1v) is 6.40. The molecule has 1 aliphatic rings. The van der Waals surface area contributed by atoms with Gasteiger partial charge in [0.15, 0.2) is 5.60 Å². The number of hydrogen-bond acceptors (Lipinski definition) is 3. The van der Waals surface area contributed by atoms with E-state index in [4.69, 9.17) is 5.73 Å². The highest BCUT2D eigenvalue weighted by molar-refractivity contribution is 5.95. The first-order valence-electron chi connectivity index (χ1n) is 6.40. The maximum absolute atomic E-state index is 13.3. The molecule has 2 rings (SSSR count). The van der Waals surface area contributed by atoms with Crippen LogP contribution in [0.5, 0.6) is 0 Å². The molecule has 1 aromatic carbocycles. The van der Waals surface area contributed by atoms with E-state index < -0.39 is 23.2 Å². The number of benzene rings is 1. The molecule has 108 valence electrons. The number of carbonyl (C=O) groups is 2. The Morgan fingerprint density at radius 2 is 2.10 bits per heavy atom. The van der Waals surface area contributed by atoms with Gasteiger partial charge in [0.25, 0.3) is 11.8 Å². The predicted molar refractivity (Wildman–Crippen MR) is 70.4 cm³/mol. The van der Waals surface area contributed by atoms with Gasteiger partial charge >= 0.3 is 0 Å². The molecule has 1 heterocycles. The highest BCUT2D eigenvalue weighted by Crippen LogP contribution is 2.23. The smallest absolute Gasteiger partial charge is 0.254 e. The summed E-state index contributed by atoms with van der Waals surface area (Å²) in [5, 5.41) is 10.1. The molecule has 0 radical (unpaired) electrons. The molecule has 1 atom stereocenters. The Bertz CT molecular complexity index is 541. The molecule has 0 unspecified atom stereocenters. The summed E-state index contributed by atoms with van der Waals surface area (Å²) in [5.41, 5.74) is 4.31. The number of aryl methyl sites for hydroxylation is 1. The average Bonchev–Trinajstić information content (AvgIpc) is 2.36. The van der Waals surface area contributed by atoms with Gasteiger partial charge in [-0.25, -0.2) is 4.39 Å². The van der Waals surface area contributed by atoms with E-state index in [9.17, 15) is 19.1 Å². The molecular formula is C14H17FN2O3. The Morgan fingerprint density at radius 1 is 1.40 bits per heavy atom. The van der Waals surface area contributed by atoms with Crippen LogP contribution in [0.15, 0.2) is 18.2 Å². The molecule has 0 aliphatic carbocycles. The van der Waals surface area contributed by atoms with E-state index in [1.54, 1.807) is 13.0 Å². The lowest BCUT2D eigenvalue weighted by Crippen LogP contribution is -2.57. The molecule has 0 saturated carbocycles. The van der Waals surface area contributed by atoms with Crippen LogP contribution in [0.25, 0.3) is 0 Å². The number of nitrogens with zero attached hydrogens (tertiary/aromatic N) is 1. The zero-order valence-electron chi connectivity index (χ0n) is 11.2. The number of piperidine rings is 1. The van der Waals surface area contributed by atoms with Gasteiger partial charge in [-0.2, -0.15) is 0 Å². The Morgan fingerprint density at radius 3 is 2.70 bits per heavy atom. The van der Waals surface area contributed by atoms with Crippen molar-refractivity contribution in [2.45, 2.75) is 25.4 Å². The van der Waals surface area contributed by atoms with Crippen molar-refractivity contribution >= 4 is 11.8 Å². The molecule has 3 N–H and O–H groups in total. The third-order valence-electron chi connectivity index (χ3n) is 3.51. The number of nitrogens with two attached hydrogens (primary N) is 1. The second-order valence-corrected chi connectivity index (χ2v) is 5.24. The minimum absolute atomic E-state index is 0.156. The molecule has 1 aromatic rings. The summed E-state index contributed by atoms with van der Waals surface area (Å²) in [4.78, 5) is 24.9. The zero-order valence-corrected chi connectivity index (χ0v) is 11.2. The largest absolute Gasteiger partial charge is 0.378 e. The standard InChI is InChI=1S/C14H17FN2O3/c1-9-5-10(7-11(15)6-9)12(18)17-4-2-3-14(20,8-17)13(16)19/h5-7,20H,2-4,8H2,1H3,(H2,16,19)/t14-/m0/s1. The fraction of sp³-hybridized carbons (Fsp3) is 0.429. The van der Waals surface area contributed by atoms with Crippen LogP contribution < -0.4 is 5.73 Å². The maximum atomic E-state index is 13.3. The van der Waals surface area contributed by atoms with E-state index in [2.05, 4.69) is 0 Å². The lowest BCUT2D eigenvalue weighted by Gasteiger charge is -2.37. The summed E-state index contributed by atoms with van der Waals surface area (Å²) in [6.07, 6.45) is 0.702. The Kier molecular flexibility index (Phi) is 3.76. The SMILES string of the molecule is Cc1cc(F)cc(C(=O)N2CCC[C@@](O)(C(N)=O)C2)c1. The first-order chi connectivity index (χ1) is 9.32. The van der Waals surface area contributed by atoms with Gasteiger partial charge < -0.3 is 15.7 Å². The molecule has 6 heteroatoms. The molecular weight excluding hydrogens is 263 g/mol. The number of hydrogen-bond donors (Lipinski definition) is 2. The maximum Gasteiger partial charge on any atom is 0.254 e. The lowest BCUT2D eigenvalue weighted by molar-refractivity contribution is -0.140. The number of β-amino-alcohol motifs (C(OH)–C–C–N with tert-alkyl or cyclic N) is 1. The van der Waals surface area contributed by atoms with Crippen LogP contribution in [0.1, 0.15) is 28.8 Å². The van der Waals surface area contributed by atoms with Crippen LogP contribution in [0, 0.1) is 12.7 Å². The van der Waals surface area contributed by atoms with E-state index in [1.165, 1.54) is 11.0 Å². The van der Waals surface area contributed by atoms with E-state index in [-0.39, 0.29) is 18.5 Å². The number of primary amides is 1. The summed E-state index contributed by atoms with van der Waals surface area (Å²) in [6.45, 7) is 1.94. The summed E-state index contributed by atoms with van der Waals surface area (Å²) in [5.74, 6) is -1.74. The minimum atomic E-state index is -1.70. The summed E-state index contributed by atoms with van der Waals surface area (Å²) < 4.78 is 13.3. The van der Waals surface area contributed by atoms with Crippen molar-refractivity contribution in [3.8, 4) is 0 Å². The van der Waals surface area contributed by atoms with E-state index in [0.29, 0.717) is 18.5 Å². The van der Waals surface area contributed by atoms with Gasteiger partial charge in [0.1, 0.15) is 5.82 Å². The van der Waals surface area contributed by atoms with Crippen molar-refractivity contribution < 1.29 is 19.1 Å². The number of rotatable bonds is 2. The van der Waals surface area contributed by atoms with Gasteiger partial charge in [-0.1, -0.05) is 0 Å². The van der Waals surface area contributed by atoms with Crippen molar-refractivity contribution in [2.24, 2.45) is 5.73 Å². The quantitative estimate of drug-likeness (QED) is 0.831. The van der Waals surface area contributed by atoms with Crippen molar-refractivity contribution in [2.75, 3.05) is 13.1 Å². The van der Waals surface area contributed by atoms with Gasteiger partial charge in [-0.05, 0) is 43.5 Å². The molecule has 2 amide bonds. The van der Waals surface area contributed by atoms with Gasteiger partial charge in [0.2, 0.25) is 0 Å². The minimum Gasteiger partial charge on any atom is -0.378 e. The Hall–Kier alpha value is -1.95. The zero-order chi connectivity index (χ0) is 14.9. The molecule has 0 spiro atoms. The monoisotopic (exact) mass is 280 g/mol. The number of likely N-dealkylation sites (tertiary alicyclic amines) is 1. The fourth-order valence-corrected chi connectivity index (χ4v) is 2.45. The third-order valence-corrected chi connectivity index (χ3v) is 3.51. The van der Waals surface area contributed by atoms with Crippen LogP contribution in [-0.2, 0) is 4.79 Å². The summed E-state index contributed by atoms with van der Waals surface area (Å²) in [7, 11) is 0. The molecule has 1 fully saturated rings. The van der Waals surface area contributed by atoms with Crippen molar-refractivity contribution in [1.29, 1.82) is 0 Å². The predicted octanol–water partition coefficient (Wildman–Crippen LogP) is 0.587. The second kappa shape index (κ2) is 5.20. The highest BCUT2D eigenvalue weighted by atomic mass is 19.1. The van der Waals surface area contributed by atoms with Gasteiger partial charge in [0.05, 0.1) is 6.54 Å². The van der Waals surface area contributed by atoms with Gasteiger partial charge in [-0.15, -0.1) is 0 Å². The van der Waals surface area contributed by atoms with E-state index in [1.807, 2.05) is 0 Å². The van der Waals surface area contributed by atoms with Crippen molar-refractivity contribution in [1.82, 2.24) is 4.90 Å². The summed E-state index contributed by atoms with van der Waals surface area (Å²) >= 11 is 0. The number of amides is 2. The molecule has 5 nitrogen and oxygen atoms in total. The van der Waals surface area contributed by atoms with Crippen LogP contribution in [0.4, 0.5) is 4.39 Å². The topological polar surface area (TPSA) is 83.6 Å². The molecule has 1 saturated heterocycles. The molecule has 1 aliphatic heterocycles. The van der Waals surface area contributed by atoms with Gasteiger partial charge in [-0.3, -0.25) is 9.59 Å². The van der Waals surface area contributed by atoms with E-state index >= 15 is 0 Å². The Labute approximate surface area is 116 Å². The molecule has 20 heavy (non-hydrogen) atoms. The normalized spacial score (nSPS) is 22.6. The van der Waals surface area contributed by atoms with Gasteiger partial charge in [0, 0.05) is 12.1 Å². The number of aliphatic hydroxyl groups is 1. The van der Waals surface area contributed by atoms with Crippen LogP contribution >= 0.6 is 0 Å². The number of halogens is 1. The first kappa shape index (κ1) is 14.5. The van der Waals surface area contributed by atoms with Crippen LogP contribution in [0.2, 0.25) is 0 Å². The third kappa shape index (κ3) is 2.80. The second-order valence-electron chi connectivity index (χ2n) is 5.24. The number of carbonyl (C=O) groups excluding carboxylic acids is 2. The van der Waals surface area contributed by atoms with Crippen LogP contribution in [0.3, 0.4) is 0 Å². The van der Waals surface area contributed by atoms with Crippen molar-refractivity contribution in [3.05, 3.63) is 35.1 Å². The Balaban J connectivity index is 2.22. The fourth-order valence-electron chi connectivity index (χ4n) is 2.45. The lowest BCUT2D eigenvalue weighted by atomic mass is 9.91. The van der Waals surface area contributed by atoms with E-state index in [0.717, 1.165) is 6.07 Å². The average molecular weight is 280 g/mol. The van der Waals surface area contributed by atoms with Crippen molar-refractivity contribution in [3.63, 3.8) is 0 Å². The van der Waals surface area contributed by atoms with Crippen LogP contribution in [-0.4, -0.2) is 40.5 Å². The highest BCUT2D eigenvalue weighted by Gasteiger charge is 2.40. The summed E-state index contributed by atoms with van der Waals surface area (Å²) in [6, 6.07) is 4.04. The molecule has 0 aromatic heterocycles. The molecule has 0 bridgehead atoms.